The van der Waals surface area contributed by atoms with Crippen molar-refractivity contribution in [3.63, 3.8) is 0 Å². The number of benzene rings is 1. The molecule has 3 heteroatoms. The van der Waals surface area contributed by atoms with Gasteiger partial charge in [0.2, 0.25) is 0 Å². The smallest absolute Gasteiger partial charge is 0.123 e. The molecular weight excluding hydrogens is 217 g/mol. The zero-order valence-corrected chi connectivity index (χ0v) is 10.5. The molecule has 1 unspecified atom stereocenters. The van der Waals surface area contributed by atoms with Gasteiger partial charge in [-0.2, -0.15) is 0 Å². The first kappa shape index (κ1) is 12.4. The summed E-state index contributed by atoms with van der Waals surface area (Å²) in [5, 5.41) is 9.73. The Morgan fingerprint density at radius 2 is 2.18 bits per heavy atom. The Balaban J connectivity index is 2.27. The molecule has 0 spiro atoms. The summed E-state index contributed by atoms with van der Waals surface area (Å²) in [6.45, 7) is 5.69. The van der Waals surface area contributed by atoms with Crippen molar-refractivity contribution in [2.24, 2.45) is 5.92 Å². The van der Waals surface area contributed by atoms with E-state index in [0.29, 0.717) is 5.56 Å². The molecule has 1 fully saturated rings. The van der Waals surface area contributed by atoms with Crippen molar-refractivity contribution in [3.05, 3.63) is 29.6 Å². The predicted octanol–water partition coefficient (Wildman–Crippen LogP) is 3.12. The molecule has 0 bridgehead atoms. The minimum atomic E-state index is -0.631. The summed E-state index contributed by atoms with van der Waals surface area (Å²) in [6, 6.07) is 4.69. The molecule has 1 N–H and O–H groups in total. The molecule has 1 aliphatic rings. The molecule has 0 saturated heterocycles. The molecule has 17 heavy (non-hydrogen) atoms. The van der Waals surface area contributed by atoms with Gasteiger partial charge in [-0.3, -0.25) is 0 Å². The number of aliphatic hydroxyl groups is 1. The normalized spacial score (nSPS) is 16.9. The van der Waals surface area contributed by atoms with Crippen LogP contribution in [0.15, 0.2) is 18.2 Å². The van der Waals surface area contributed by atoms with Crippen LogP contribution in [0.25, 0.3) is 0 Å². The lowest BCUT2D eigenvalue weighted by molar-refractivity contribution is 0.199. The molecule has 2 nitrogen and oxygen atoms in total. The van der Waals surface area contributed by atoms with Gasteiger partial charge in [-0.1, -0.05) is 0 Å². The summed E-state index contributed by atoms with van der Waals surface area (Å²) in [7, 11) is 0. The molecule has 1 atom stereocenters. The molecule has 1 aliphatic carbocycles. The summed E-state index contributed by atoms with van der Waals surface area (Å²) in [5.74, 6) is 0.494. The van der Waals surface area contributed by atoms with Crippen LogP contribution in [0.4, 0.5) is 10.1 Å². The summed E-state index contributed by atoms with van der Waals surface area (Å²) in [4.78, 5) is 2.24. The lowest BCUT2D eigenvalue weighted by atomic mass is 10.1. The van der Waals surface area contributed by atoms with Crippen LogP contribution in [0.2, 0.25) is 0 Å². The lowest BCUT2D eigenvalue weighted by Crippen LogP contribution is -2.26. The maximum Gasteiger partial charge on any atom is 0.123 e. The fourth-order valence-electron chi connectivity index (χ4n) is 2.16. The largest absolute Gasteiger partial charge is 0.389 e. The van der Waals surface area contributed by atoms with Crippen molar-refractivity contribution in [3.8, 4) is 0 Å². The van der Waals surface area contributed by atoms with Crippen LogP contribution in [0.3, 0.4) is 0 Å². The highest BCUT2D eigenvalue weighted by Crippen LogP contribution is 2.34. The molecule has 0 aromatic heterocycles. The average Bonchev–Trinajstić information content (AvgIpc) is 3.10. The summed E-state index contributed by atoms with van der Waals surface area (Å²) < 4.78 is 13.2. The first-order valence-corrected chi connectivity index (χ1v) is 6.34. The van der Waals surface area contributed by atoms with E-state index in [1.165, 1.54) is 25.0 Å². The number of nitrogens with zero attached hydrogens (tertiary/aromatic N) is 1. The van der Waals surface area contributed by atoms with Crippen LogP contribution in [0.5, 0.6) is 0 Å². The second-order valence-electron chi connectivity index (χ2n) is 4.86. The Morgan fingerprint density at radius 1 is 1.47 bits per heavy atom. The zero-order valence-electron chi connectivity index (χ0n) is 10.5. The van der Waals surface area contributed by atoms with E-state index < -0.39 is 6.10 Å². The van der Waals surface area contributed by atoms with Crippen molar-refractivity contribution in [2.75, 3.05) is 18.0 Å². The fourth-order valence-corrected chi connectivity index (χ4v) is 2.16. The fraction of sp³-hybridized carbons (Fsp3) is 0.571. The summed E-state index contributed by atoms with van der Waals surface area (Å²) in [5.41, 5.74) is 1.66. The average molecular weight is 237 g/mol. The van der Waals surface area contributed by atoms with Crippen molar-refractivity contribution in [1.82, 2.24) is 0 Å². The molecule has 2 rings (SSSR count). The van der Waals surface area contributed by atoms with Gasteiger partial charge in [0.15, 0.2) is 0 Å². The number of hydrogen-bond acceptors (Lipinski definition) is 2. The van der Waals surface area contributed by atoms with Crippen molar-refractivity contribution in [1.29, 1.82) is 0 Å². The quantitative estimate of drug-likeness (QED) is 0.850. The zero-order chi connectivity index (χ0) is 12.4. The molecular formula is C14H20FNO. The van der Waals surface area contributed by atoms with Crippen LogP contribution < -0.4 is 4.90 Å². The van der Waals surface area contributed by atoms with Crippen molar-refractivity contribution >= 4 is 5.69 Å². The van der Waals surface area contributed by atoms with Gasteiger partial charge >= 0.3 is 0 Å². The van der Waals surface area contributed by atoms with E-state index in [2.05, 4.69) is 11.8 Å². The first-order chi connectivity index (χ1) is 8.11. The number of aliphatic hydroxyl groups excluding tert-OH is 1. The Morgan fingerprint density at radius 3 is 2.71 bits per heavy atom. The highest BCUT2D eigenvalue weighted by molar-refractivity contribution is 5.54. The third kappa shape index (κ3) is 2.97. The van der Waals surface area contributed by atoms with Crippen molar-refractivity contribution < 1.29 is 9.50 Å². The number of halogens is 1. The lowest BCUT2D eigenvalue weighted by Gasteiger charge is -2.26. The second kappa shape index (κ2) is 5.05. The summed E-state index contributed by atoms with van der Waals surface area (Å²) in [6.07, 6.45) is 1.96. The van der Waals surface area contributed by atoms with Crippen LogP contribution >= 0.6 is 0 Å². The van der Waals surface area contributed by atoms with Gasteiger partial charge in [0.1, 0.15) is 5.82 Å². The molecule has 1 aromatic rings. The van der Waals surface area contributed by atoms with Crippen LogP contribution in [0.1, 0.15) is 38.4 Å². The topological polar surface area (TPSA) is 23.5 Å². The van der Waals surface area contributed by atoms with Gasteiger partial charge in [-0.05, 0) is 50.8 Å². The predicted molar refractivity (Wildman–Crippen MR) is 67.6 cm³/mol. The van der Waals surface area contributed by atoms with Gasteiger partial charge < -0.3 is 10.0 Å². The minimum Gasteiger partial charge on any atom is -0.389 e. The van der Waals surface area contributed by atoms with Crippen molar-refractivity contribution in [2.45, 2.75) is 32.8 Å². The Hall–Kier alpha value is -1.09. The molecule has 1 saturated carbocycles. The maximum atomic E-state index is 13.2. The van der Waals surface area contributed by atoms with E-state index in [-0.39, 0.29) is 5.82 Å². The van der Waals surface area contributed by atoms with Crippen LogP contribution in [-0.4, -0.2) is 18.2 Å². The SMILES string of the molecule is CCN(CC1CC1)c1ccc(F)cc1C(C)O. The van der Waals surface area contributed by atoms with E-state index in [9.17, 15) is 9.50 Å². The number of anilines is 1. The van der Waals surface area contributed by atoms with Gasteiger partial charge in [0, 0.05) is 24.3 Å². The Bertz CT molecular complexity index is 388. The van der Waals surface area contributed by atoms with E-state index in [0.717, 1.165) is 24.7 Å². The third-order valence-corrected chi connectivity index (χ3v) is 3.34. The minimum absolute atomic E-state index is 0.285. The van der Waals surface area contributed by atoms with Gasteiger partial charge in [0.05, 0.1) is 6.10 Å². The van der Waals surface area contributed by atoms with Gasteiger partial charge in [-0.25, -0.2) is 4.39 Å². The molecule has 1 aromatic carbocycles. The highest BCUT2D eigenvalue weighted by Gasteiger charge is 2.25. The molecule has 0 amide bonds. The molecule has 94 valence electrons. The standard InChI is InChI=1S/C14H20FNO/c1-3-16(9-11-4-5-11)14-7-6-12(15)8-13(14)10(2)17/h6-8,10-11,17H,3-5,9H2,1-2H3. The molecule has 0 aliphatic heterocycles. The first-order valence-electron chi connectivity index (χ1n) is 6.34. The monoisotopic (exact) mass is 237 g/mol. The van der Waals surface area contributed by atoms with E-state index >= 15 is 0 Å². The van der Waals surface area contributed by atoms with Crippen LogP contribution in [-0.2, 0) is 0 Å². The van der Waals surface area contributed by atoms with Gasteiger partial charge in [0.25, 0.3) is 0 Å². The number of hydrogen-bond donors (Lipinski definition) is 1. The highest BCUT2D eigenvalue weighted by atomic mass is 19.1. The van der Waals surface area contributed by atoms with E-state index in [4.69, 9.17) is 0 Å². The Labute approximate surface area is 102 Å². The van der Waals surface area contributed by atoms with E-state index in [1.807, 2.05) is 0 Å². The summed E-state index contributed by atoms with van der Waals surface area (Å²) >= 11 is 0. The Kier molecular flexibility index (Phi) is 3.67. The second-order valence-corrected chi connectivity index (χ2v) is 4.86. The molecule has 0 radical (unpaired) electrons. The molecule has 0 heterocycles. The third-order valence-electron chi connectivity index (χ3n) is 3.34. The van der Waals surface area contributed by atoms with E-state index in [1.54, 1.807) is 13.0 Å². The van der Waals surface area contributed by atoms with Gasteiger partial charge in [-0.15, -0.1) is 0 Å². The maximum absolute atomic E-state index is 13.2. The van der Waals surface area contributed by atoms with Crippen LogP contribution in [0, 0.1) is 11.7 Å². The number of rotatable bonds is 5.